The first-order chi connectivity index (χ1) is 13.9. The van der Waals surface area contributed by atoms with Gasteiger partial charge in [0.2, 0.25) is 0 Å². The summed E-state index contributed by atoms with van der Waals surface area (Å²) in [6.07, 6.45) is 1.68. The van der Waals surface area contributed by atoms with Crippen LogP contribution in [0.5, 0.6) is 11.5 Å². The van der Waals surface area contributed by atoms with Gasteiger partial charge in [-0.25, -0.2) is 0 Å². The molecule has 1 aromatic rings. The Morgan fingerprint density at radius 2 is 2.07 bits per heavy atom. The highest BCUT2D eigenvalue weighted by Gasteiger charge is 2.28. The normalized spacial score (nSPS) is 22.0. The lowest BCUT2D eigenvalue weighted by atomic mass is 9.93. The quantitative estimate of drug-likeness (QED) is 0.629. The summed E-state index contributed by atoms with van der Waals surface area (Å²) in [6.45, 7) is 5.31. The average molecular weight is 406 g/mol. The number of amides is 1. The topological polar surface area (TPSA) is 108 Å². The minimum absolute atomic E-state index is 0.0322. The number of carbonyl (C=O) groups excluding carboxylic acids is 1. The van der Waals surface area contributed by atoms with Crippen LogP contribution in [-0.4, -0.2) is 72.5 Å². The van der Waals surface area contributed by atoms with Crippen LogP contribution in [-0.2, 0) is 4.79 Å². The third kappa shape index (κ3) is 5.83. The van der Waals surface area contributed by atoms with Gasteiger partial charge in [-0.05, 0) is 50.6 Å². The van der Waals surface area contributed by atoms with Gasteiger partial charge in [0.1, 0.15) is 0 Å². The molecule has 2 heterocycles. The van der Waals surface area contributed by atoms with E-state index in [0.717, 1.165) is 24.9 Å². The van der Waals surface area contributed by atoms with Crippen LogP contribution < -0.4 is 14.8 Å². The van der Waals surface area contributed by atoms with Gasteiger partial charge in [-0.15, -0.1) is 0 Å². The number of aliphatic hydroxyl groups excluding tert-OH is 1. The van der Waals surface area contributed by atoms with Crippen molar-refractivity contribution in [3.63, 3.8) is 0 Å². The van der Waals surface area contributed by atoms with Gasteiger partial charge in [0.15, 0.2) is 11.5 Å². The molecule has 8 heteroatoms. The summed E-state index contributed by atoms with van der Waals surface area (Å²) in [5.74, 6) is 0.0233. The molecule has 0 bridgehead atoms. The number of nitrogens with zero attached hydrogens (tertiary/aromatic N) is 1. The van der Waals surface area contributed by atoms with Crippen molar-refractivity contribution in [3.05, 3.63) is 23.3 Å². The van der Waals surface area contributed by atoms with Gasteiger partial charge < -0.3 is 29.9 Å². The number of hydrogen-bond acceptors (Lipinski definition) is 6. The first-order valence-corrected chi connectivity index (χ1v) is 10.2. The Balaban J connectivity index is 1.54. The summed E-state index contributed by atoms with van der Waals surface area (Å²) in [4.78, 5) is 25.5. The number of aliphatic carboxylic acids is 1. The molecule has 2 aliphatic rings. The second-order valence-electron chi connectivity index (χ2n) is 7.81. The first-order valence-electron chi connectivity index (χ1n) is 10.2. The molecule has 0 unspecified atom stereocenters. The minimum Gasteiger partial charge on any atom is -0.490 e. The fourth-order valence-corrected chi connectivity index (χ4v) is 3.84. The maximum Gasteiger partial charge on any atom is 0.303 e. The lowest BCUT2D eigenvalue weighted by molar-refractivity contribution is -0.137. The number of hydrogen-bond donors (Lipinski definition) is 3. The fraction of sp³-hybridized carbons (Fsp3) is 0.619. The molecule has 1 aromatic carbocycles. The van der Waals surface area contributed by atoms with Crippen LogP contribution in [0.15, 0.2) is 12.1 Å². The van der Waals surface area contributed by atoms with Crippen molar-refractivity contribution in [1.29, 1.82) is 0 Å². The number of ether oxygens (including phenoxy) is 2. The SMILES string of the molecule is Cc1cc2c(c(C(=O)NC[C@@H]3CCN(CCCC(=O)O)C[C@H]3O)c1)OCCCO2. The van der Waals surface area contributed by atoms with Crippen molar-refractivity contribution in [2.24, 2.45) is 5.92 Å². The van der Waals surface area contributed by atoms with Gasteiger partial charge in [-0.1, -0.05) is 0 Å². The molecular weight excluding hydrogens is 376 g/mol. The second kappa shape index (κ2) is 9.93. The Hall–Kier alpha value is -2.32. The summed E-state index contributed by atoms with van der Waals surface area (Å²) in [6, 6.07) is 3.67. The molecule has 1 amide bonds. The molecular formula is C21H30N2O6. The number of carboxylic acids is 1. The van der Waals surface area contributed by atoms with E-state index in [0.29, 0.717) is 56.3 Å². The third-order valence-corrected chi connectivity index (χ3v) is 5.43. The van der Waals surface area contributed by atoms with E-state index in [9.17, 15) is 14.7 Å². The Labute approximate surface area is 170 Å². The van der Waals surface area contributed by atoms with Gasteiger partial charge in [0.05, 0.1) is 24.9 Å². The van der Waals surface area contributed by atoms with Crippen LogP contribution in [0.1, 0.15) is 41.6 Å². The molecule has 3 rings (SSSR count). The number of β-amino-alcohol motifs (C(OH)–C–C–N with tert-alkyl or cyclic N) is 1. The van der Waals surface area contributed by atoms with Crippen molar-refractivity contribution in [2.75, 3.05) is 39.4 Å². The molecule has 0 spiro atoms. The van der Waals surface area contributed by atoms with Crippen LogP contribution in [0.25, 0.3) is 0 Å². The number of rotatable bonds is 7. The number of fused-ring (bicyclic) bond motifs is 1. The number of benzene rings is 1. The predicted octanol–water partition coefficient (Wildman–Crippen LogP) is 1.43. The molecule has 0 aromatic heterocycles. The summed E-state index contributed by atoms with van der Waals surface area (Å²) in [5.41, 5.74) is 1.39. The van der Waals surface area contributed by atoms with E-state index in [1.54, 1.807) is 6.07 Å². The van der Waals surface area contributed by atoms with Crippen LogP contribution in [0.4, 0.5) is 0 Å². The van der Waals surface area contributed by atoms with Crippen molar-refractivity contribution in [3.8, 4) is 11.5 Å². The van der Waals surface area contributed by atoms with Gasteiger partial charge in [0.25, 0.3) is 5.91 Å². The third-order valence-electron chi connectivity index (χ3n) is 5.43. The molecule has 8 nitrogen and oxygen atoms in total. The smallest absolute Gasteiger partial charge is 0.303 e. The highest BCUT2D eigenvalue weighted by molar-refractivity contribution is 5.98. The van der Waals surface area contributed by atoms with E-state index < -0.39 is 12.1 Å². The van der Waals surface area contributed by atoms with Crippen LogP contribution >= 0.6 is 0 Å². The van der Waals surface area contributed by atoms with Crippen LogP contribution in [0, 0.1) is 12.8 Å². The average Bonchev–Trinajstić information content (AvgIpc) is 2.91. The number of carbonyl (C=O) groups is 2. The maximum absolute atomic E-state index is 12.8. The molecule has 0 radical (unpaired) electrons. The zero-order valence-corrected chi connectivity index (χ0v) is 16.9. The number of aryl methyl sites for hydroxylation is 1. The molecule has 0 aliphatic carbocycles. The summed E-state index contributed by atoms with van der Waals surface area (Å²) in [5, 5.41) is 22.1. The predicted molar refractivity (Wildman–Crippen MR) is 107 cm³/mol. The van der Waals surface area contributed by atoms with E-state index in [4.69, 9.17) is 14.6 Å². The van der Waals surface area contributed by atoms with Crippen molar-refractivity contribution in [1.82, 2.24) is 10.2 Å². The standard InChI is InChI=1S/C21H30N2O6/c1-14-10-16(20-18(11-14)28-8-3-9-29-20)21(27)22-12-15-5-7-23(13-17(15)24)6-2-4-19(25)26/h10-11,15,17,24H,2-9,12-13H2,1H3,(H,22,27)(H,25,26)/t15-,17+/m0/s1. The molecule has 160 valence electrons. The number of likely N-dealkylation sites (tertiary alicyclic amines) is 1. The fourth-order valence-electron chi connectivity index (χ4n) is 3.84. The number of carboxylic acid groups (broad SMARTS) is 1. The van der Waals surface area contributed by atoms with E-state index in [-0.39, 0.29) is 18.2 Å². The number of nitrogens with one attached hydrogen (secondary N) is 1. The van der Waals surface area contributed by atoms with Crippen molar-refractivity contribution < 1.29 is 29.3 Å². The minimum atomic E-state index is -0.799. The lowest BCUT2D eigenvalue weighted by Gasteiger charge is -2.36. The molecule has 29 heavy (non-hydrogen) atoms. The van der Waals surface area contributed by atoms with Crippen molar-refractivity contribution in [2.45, 2.75) is 38.7 Å². The Morgan fingerprint density at radius 3 is 2.83 bits per heavy atom. The molecule has 1 fully saturated rings. The Kier molecular flexibility index (Phi) is 7.33. The molecule has 0 saturated carbocycles. The molecule has 3 N–H and O–H groups in total. The molecule has 1 saturated heterocycles. The summed E-state index contributed by atoms with van der Waals surface area (Å²) >= 11 is 0. The van der Waals surface area contributed by atoms with Gasteiger partial charge in [-0.3, -0.25) is 9.59 Å². The zero-order chi connectivity index (χ0) is 20.8. The van der Waals surface area contributed by atoms with Gasteiger partial charge in [-0.2, -0.15) is 0 Å². The second-order valence-corrected chi connectivity index (χ2v) is 7.81. The highest BCUT2D eigenvalue weighted by Crippen LogP contribution is 2.34. The summed E-state index contributed by atoms with van der Waals surface area (Å²) < 4.78 is 11.5. The molecule has 2 aliphatic heterocycles. The van der Waals surface area contributed by atoms with Crippen molar-refractivity contribution >= 4 is 11.9 Å². The van der Waals surface area contributed by atoms with E-state index in [2.05, 4.69) is 10.2 Å². The molecule has 2 atom stereocenters. The highest BCUT2D eigenvalue weighted by atomic mass is 16.5. The largest absolute Gasteiger partial charge is 0.490 e. The van der Waals surface area contributed by atoms with Crippen LogP contribution in [0.3, 0.4) is 0 Å². The zero-order valence-electron chi connectivity index (χ0n) is 16.9. The lowest BCUT2D eigenvalue weighted by Crippen LogP contribution is -2.47. The Morgan fingerprint density at radius 1 is 1.28 bits per heavy atom. The van der Waals surface area contributed by atoms with Gasteiger partial charge >= 0.3 is 5.97 Å². The monoisotopic (exact) mass is 406 g/mol. The van der Waals surface area contributed by atoms with Crippen LogP contribution in [0.2, 0.25) is 0 Å². The number of piperidine rings is 1. The number of aliphatic hydroxyl groups is 1. The van der Waals surface area contributed by atoms with E-state index in [1.165, 1.54) is 0 Å². The van der Waals surface area contributed by atoms with E-state index in [1.807, 2.05) is 13.0 Å². The first kappa shape index (κ1) is 21.4. The Bertz CT molecular complexity index is 738. The van der Waals surface area contributed by atoms with Gasteiger partial charge in [0, 0.05) is 31.8 Å². The summed E-state index contributed by atoms with van der Waals surface area (Å²) in [7, 11) is 0. The maximum atomic E-state index is 12.8. The van der Waals surface area contributed by atoms with E-state index >= 15 is 0 Å².